The van der Waals surface area contributed by atoms with E-state index in [1.54, 1.807) is 18.2 Å². The van der Waals surface area contributed by atoms with Crippen molar-refractivity contribution in [2.24, 2.45) is 5.92 Å². The third-order valence-electron chi connectivity index (χ3n) is 8.59. The zero-order valence-corrected chi connectivity index (χ0v) is 28.0. The Bertz CT molecular complexity index is 1700. The number of hydrogen-bond donors (Lipinski definition) is 3. The number of hydrogen-bond acceptors (Lipinski definition) is 8. The Morgan fingerprint density at radius 2 is 1.62 bits per heavy atom. The molecule has 13 nitrogen and oxygen atoms in total. The van der Waals surface area contributed by atoms with Gasteiger partial charge in [-0.25, -0.2) is 9.97 Å². The Labute approximate surface area is 279 Å². The summed E-state index contributed by atoms with van der Waals surface area (Å²) in [6.07, 6.45) is -1.35. The van der Waals surface area contributed by atoms with Gasteiger partial charge in [-0.1, -0.05) is 44.2 Å². The van der Waals surface area contributed by atoms with Gasteiger partial charge >= 0.3 is 0 Å². The van der Waals surface area contributed by atoms with Crippen molar-refractivity contribution in [3.05, 3.63) is 71.0 Å². The molecule has 48 heavy (non-hydrogen) atoms. The van der Waals surface area contributed by atoms with Crippen LogP contribution < -0.4 is 16.0 Å². The molecule has 2 fully saturated rings. The Kier molecular flexibility index (Phi) is 10.7. The predicted molar refractivity (Wildman–Crippen MR) is 178 cm³/mol. The molecule has 2 aliphatic rings. The lowest BCUT2D eigenvalue weighted by atomic mass is 10.0. The number of morpholine rings is 1. The molecular weight excluding hydrogens is 614 g/mol. The van der Waals surface area contributed by atoms with Crippen LogP contribution in [0.4, 0.5) is 0 Å². The average molecular weight is 658 g/mol. The van der Waals surface area contributed by atoms with Crippen LogP contribution in [-0.4, -0.2) is 107 Å². The second kappa shape index (κ2) is 14.9. The van der Waals surface area contributed by atoms with E-state index in [0.29, 0.717) is 23.0 Å². The highest BCUT2D eigenvalue weighted by Gasteiger charge is 2.38. The van der Waals surface area contributed by atoms with E-state index in [-0.39, 0.29) is 44.4 Å². The van der Waals surface area contributed by atoms with Crippen LogP contribution in [0, 0.1) is 19.8 Å². The zero-order valence-electron chi connectivity index (χ0n) is 28.0. The number of benzene rings is 2. The summed E-state index contributed by atoms with van der Waals surface area (Å²) >= 11 is 0. The maximum Gasteiger partial charge on any atom is 0.254 e. The molecule has 0 unspecified atom stereocenters. The molecule has 0 aliphatic carbocycles. The van der Waals surface area contributed by atoms with Crippen LogP contribution in [-0.2, 0) is 30.3 Å². The lowest BCUT2D eigenvalue weighted by Gasteiger charge is -2.38. The second-order valence-electron chi connectivity index (χ2n) is 13.0. The minimum atomic E-state index is -1.14. The predicted octanol–water partition coefficient (Wildman–Crippen LogP) is 1.30. The molecule has 254 valence electrons. The van der Waals surface area contributed by atoms with Gasteiger partial charge in [-0.2, -0.15) is 0 Å². The molecule has 3 N–H and O–H groups in total. The molecule has 0 saturated carbocycles. The van der Waals surface area contributed by atoms with Gasteiger partial charge in [-0.3, -0.25) is 24.0 Å². The smallest absolute Gasteiger partial charge is 0.254 e. The van der Waals surface area contributed by atoms with E-state index >= 15 is 0 Å². The number of ether oxygens (including phenoxy) is 1. The van der Waals surface area contributed by atoms with Crippen LogP contribution in [0.15, 0.2) is 48.5 Å². The fourth-order valence-electron chi connectivity index (χ4n) is 5.96. The SMILES string of the molecule is Cc1nc2ccc(C(=O)N3C[C@H]4CNC(=O)[C@H](CC(C)C)NC(=O)CN(C)C(=O)[C@@H](Cc5ccccc5)NC(=O)[C@@H](C3)O4)cc2nc1C. The Morgan fingerprint density at radius 1 is 0.917 bits per heavy atom. The van der Waals surface area contributed by atoms with E-state index in [4.69, 9.17) is 4.74 Å². The van der Waals surface area contributed by atoms with Crippen LogP contribution in [0.3, 0.4) is 0 Å². The Hall–Kier alpha value is -4.91. The van der Waals surface area contributed by atoms with Gasteiger partial charge in [0.25, 0.3) is 11.8 Å². The van der Waals surface area contributed by atoms with Gasteiger partial charge in [-0.15, -0.1) is 0 Å². The molecule has 3 aromatic rings. The molecule has 2 bridgehead atoms. The fourth-order valence-corrected chi connectivity index (χ4v) is 5.96. The number of amides is 5. The molecule has 2 aromatic carbocycles. The zero-order chi connectivity index (χ0) is 34.5. The van der Waals surface area contributed by atoms with Crippen LogP contribution >= 0.6 is 0 Å². The van der Waals surface area contributed by atoms with Crippen molar-refractivity contribution in [2.75, 3.05) is 33.2 Å². The minimum Gasteiger partial charge on any atom is -0.360 e. The van der Waals surface area contributed by atoms with E-state index in [1.165, 1.54) is 16.8 Å². The standard InChI is InChI=1S/C35H43N7O6/c1-20(2)13-28-32(44)36-16-25-17-42(34(46)24-11-12-26-27(15-24)38-22(4)21(3)37-26)18-30(48-25)33(45)40-29(14-23-9-7-6-8-10-23)35(47)41(5)19-31(43)39-28/h6-12,15,20,25,28-30H,13-14,16-19H2,1-5H3,(H,36,44)(H,39,43)(H,40,45)/t25-,28+,29-,30-/m1/s1. The van der Waals surface area contributed by atoms with Crippen LogP contribution in [0.2, 0.25) is 0 Å². The summed E-state index contributed by atoms with van der Waals surface area (Å²) in [5, 5.41) is 8.45. The first-order chi connectivity index (χ1) is 22.9. The van der Waals surface area contributed by atoms with Crippen molar-refractivity contribution < 1.29 is 28.7 Å². The minimum absolute atomic E-state index is 0.00912. The van der Waals surface area contributed by atoms with Crippen LogP contribution in [0.5, 0.6) is 0 Å². The van der Waals surface area contributed by atoms with E-state index in [0.717, 1.165) is 17.0 Å². The van der Waals surface area contributed by atoms with Gasteiger partial charge in [0.15, 0.2) is 6.10 Å². The quantitative estimate of drug-likeness (QED) is 0.370. The molecule has 5 amide bonds. The van der Waals surface area contributed by atoms with Gasteiger partial charge in [0, 0.05) is 32.1 Å². The van der Waals surface area contributed by atoms with Gasteiger partial charge in [-0.05, 0) is 49.9 Å². The highest BCUT2D eigenvalue weighted by atomic mass is 16.5. The number of aromatic nitrogens is 2. The van der Waals surface area contributed by atoms with Crippen LogP contribution in [0.1, 0.15) is 47.6 Å². The Morgan fingerprint density at radius 3 is 2.33 bits per heavy atom. The largest absolute Gasteiger partial charge is 0.360 e. The van der Waals surface area contributed by atoms with Crippen molar-refractivity contribution >= 4 is 40.6 Å². The maximum atomic E-state index is 13.9. The fraction of sp³-hybridized carbons (Fsp3) is 0.457. The molecule has 2 aliphatic heterocycles. The molecule has 13 heteroatoms. The van der Waals surface area contributed by atoms with Gasteiger partial charge < -0.3 is 30.5 Å². The maximum absolute atomic E-state index is 13.9. The van der Waals surface area contributed by atoms with E-state index in [2.05, 4.69) is 25.9 Å². The number of rotatable bonds is 5. The summed E-state index contributed by atoms with van der Waals surface area (Å²) in [7, 11) is 1.48. The molecule has 2 saturated heterocycles. The lowest BCUT2D eigenvalue weighted by Crippen LogP contribution is -2.59. The molecule has 0 spiro atoms. The second-order valence-corrected chi connectivity index (χ2v) is 13.0. The lowest BCUT2D eigenvalue weighted by molar-refractivity contribution is -0.148. The summed E-state index contributed by atoms with van der Waals surface area (Å²) in [5.41, 5.74) is 3.97. The van der Waals surface area contributed by atoms with E-state index in [9.17, 15) is 24.0 Å². The summed E-state index contributed by atoms with van der Waals surface area (Å²) in [6.45, 7) is 7.31. The molecule has 4 atom stereocenters. The number of fused-ring (bicyclic) bond motifs is 3. The van der Waals surface area contributed by atoms with Crippen molar-refractivity contribution in [3.63, 3.8) is 0 Å². The third kappa shape index (κ3) is 8.32. The van der Waals surface area contributed by atoms with E-state index in [1.807, 2.05) is 58.0 Å². The van der Waals surface area contributed by atoms with Crippen molar-refractivity contribution in [2.45, 2.75) is 64.8 Å². The highest BCUT2D eigenvalue weighted by Crippen LogP contribution is 2.20. The number of likely N-dealkylation sites (N-methyl/N-ethyl adjacent to an activating group) is 1. The summed E-state index contributed by atoms with van der Waals surface area (Å²) < 4.78 is 6.18. The number of carbonyl (C=O) groups is 5. The molecule has 1 aromatic heterocycles. The Balaban J connectivity index is 1.46. The number of nitrogens with zero attached hydrogens (tertiary/aromatic N) is 4. The average Bonchev–Trinajstić information content (AvgIpc) is 3.06. The number of aryl methyl sites for hydroxylation is 2. The molecule has 3 heterocycles. The van der Waals surface area contributed by atoms with Gasteiger partial charge in [0.2, 0.25) is 17.7 Å². The highest BCUT2D eigenvalue weighted by molar-refractivity contribution is 5.98. The summed E-state index contributed by atoms with van der Waals surface area (Å²) in [5.74, 6) is -2.24. The van der Waals surface area contributed by atoms with E-state index < -0.39 is 47.9 Å². The van der Waals surface area contributed by atoms with Gasteiger partial charge in [0.05, 0.1) is 41.6 Å². The molecular formula is C35H43N7O6. The van der Waals surface area contributed by atoms with Gasteiger partial charge in [0.1, 0.15) is 12.1 Å². The summed E-state index contributed by atoms with van der Waals surface area (Å²) in [6, 6.07) is 12.4. The first-order valence-corrected chi connectivity index (χ1v) is 16.2. The number of carbonyl (C=O) groups excluding carboxylic acids is 5. The normalized spacial score (nSPS) is 22.9. The number of nitrogens with one attached hydrogen (secondary N) is 3. The van der Waals surface area contributed by atoms with Crippen molar-refractivity contribution in [1.29, 1.82) is 0 Å². The molecule has 0 radical (unpaired) electrons. The van der Waals surface area contributed by atoms with Crippen molar-refractivity contribution in [1.82, 2.24) is 35.7 Å². The first kappa shape index (κ1) is 34.4. The monoisotopic (exact) mass is 657 g/mol. The van der Waals surface area contributed by atoms with Crippen molar-refractivity contribution in [3.8, 4) is 0 Å². The third-order valence-corrected chi connectivity index (χ3v) is 8.59. The topological polar surface area (TPSA) is 163 Å². The summed E-state index contributed by atoms with van der Waals surface area (Å²) in [4.78, 5) is 79.8. The molecule has 5 rings (SSSR count). The first-order valence-electron chi connectivity index (χ1n) is 16.2. The van der Waals surface area contributed by atoms with Crippen LogP contribution in [0.25, 0.3) is 11.0 Å².